The highest BCUT2D eigenvalue weighted by Crippen LogP contribution is 2.27. The molecule has 0 amide bonds. The number of nitrogens with zero attached hydrogens (tertiary/aromatic N) is 2. The topological polar surface area (TPSA) is 81.3 Å². The van der Waals surface area contributed by atoms with Crippen LogP contribution in [0.25, 0.3) is 11.8 Å². The summed E-state index contributed by atoms with van der Waals surface area (Å²) in [5, 5.41) is 8.27. The van der Waals surface area contributed by atoms with E-state index in [0.717, 1.165) is 19.2 Å². The van der Waals surface area contributed by atoms with Gasteiger partial charge in [-0.25, -0.2) is 14.2 Å². The van der Waals surface area contributed by atoms with Crippen molar-refractivity contribution in [1.29, 1.82) is 0 Å². The van der Waals surface area contributed by atoms with E-state index in [1.807, 2.05) is 0 Å². The molecule has 0 aliphatic rings. The van der Waals surface area contributed by atoms with Crippen molar-refractivity contribution in [3.05, 3.63) is 66.4 Å². The van der Waals surface area contributed by atoms with Crippen LogP contribution in [0, 0.1) is 0 Å². The largest absolute Gasteiger partial charge is 0.477 e. The molecule has 0 aliphatic heterocycles. The minimum atomic E-state index is -4.88. The highest BCUT2D eigenvalue weighted by Gasteiger charge is 2.35. The molecular formula is C15H9Cl2F3N2O4. The van der Waals surface area contributed by atoms with Crippen LogP contribution in [0.1, 0.15) is 11.3 Å². The molecule has 11 heteroatoms. The lowest BCUT2D eigenvalue weighted by Gasteiger charge is -2.14. The lowest BCUT2D eigenvalue weighted by atomic mass is 10.1. The Hall–Kier alpha value is -2.52. The average Bonchev–Trinajstić information content (AvgIpc) is 2.52. The van der Waals surface area contributed by atoms with E-state index in [9.17, 15) is 27.6 Å². The van der Waals surface area contributed by atoms with E-state index in [1.54, 1.807) is 0 Å². The van der Waals surface area contributed by atoms with Crippen molar-refractivity contribution in [3.8, 4) is 5.69 Å². The first-order valence-electron chi connectivity index (χ1n) is 6.74. The van der Waals surface area contributed by atoms with Gasteiger partial charge in [-0.05, 0) is 29.8 Å². The van der Waals surface area contributed by atoms with E-state index in [0.29, 0.717) is 4.57 Å². The Morgan fingerprint density at radius 3 is 2.38 bits per heavy atom. The quantitative estimate of drug-likeness (QED) is 0.791. The molecule has 138 valence electrons. The molecule has 1 aromatic carbocycles. The van der Waals surface area contributed by atoms with Crippen LogP contribution in [-0.2, 0) is 18.0 Å². The van der Waals surface area contributed by atoms with Crippen LogP contribution in [0.15, 0.2) is 38.9 Å². The number of carboxylic acid groups (broad SMARTS) is 1. The minimum absolute atomic E-state index is 0.0601. The van der Waals surface area contributed by atoms with Crippen molar-refractivity contribution in [3.63, 3.8) is 0 Å². The maximum Gasteiger partial charge on any atom is 0.431 e. The van der Waals surface area contributed by atoms with Gasteiger partial charge in [-0.15, -0.1) is 0 Å². The maximum absolute atomic E-state index is 12.9. The number of benzene rings is 1. The smallest absolute Gasteiger partial charge is 0.431 e. The van der Waals surface area contributed by atoms with Gasteiger partial charge in [-0.3, -0.25) is 9.36 Å². The third kappa shape index (κ3) is 3.83. The first-order valence-corrected chi connectivity index (χ1v) is 7.49. The van der Waals surface area contributed by atoms with E-state index in [-0.39, 0.29) is 26.9 Å². The van der Waals surface area contributed by atoms with Crippen molar-refractivity contribution in [2.24, 2.45) is 7.05 Å². The van der Waals surface area contributed by atoms with E-state index in [4.69, 9.17) is 28.3 Å². The van der Waals surface area contributed by atoms with Crippen LogP contribution in [0.5, 0.6) is 0 Å². The van der Waals surface area contributed by atoms with E-state index in [2.05, 4.69) is 0 Å². The number of hydrogen-bond acceptors (Lipinski definition) is 3. The minimum Gasteiger partial charge on any atom is -0.477 e. The zero-order valence-electron chi connectivity index (χ0n) is 12.8. The lowest BCUT2D eigenvalue weighted by molar-refractivity contribution is -0.144. The number of hydrogen-bond donors (Lipinski definition) is 1. The summed E-state index contributed by atoms with van der Waals surface area (Å²) in [6.07, 6.45) is -3.90. The zero-order chi connectivity index (χ0) is 19.8. The Bertz CT molecular complexity index is 1040. The van der Waals surface area contributed by atoms with Crippen molar-refractivity contribution >= 4 is 35.2 Å². The summed E-state index contributed by atoms with van der Waals surface area (Å²) in [7, 11) is 0.874. The zero-order valence-corrected chi connectivity index (χ0v) is 14.4. The summed E-state index contributed by atoms with van der Waals surface area (Å²) >= 11 is 11.4. The Morgan fingerprint density at radius 1 is 1.23 bits per heavy atom. The SMILES string of the molecule is Cn1c(C(F)(F)F)cc(=O)n(-c2ccc(Cl)c(/C=C(\Cl)C(=O)O)c2)c1=O. The predicted molar refractivity (Wildman–Crippen MR) is 88.8 cm³/mol. The summed E-state index contributed by atoms with van der Waals surface area (Å²) in [5.41, 5.74) is -3.87. The van der Waals surface area contributed by atoms with Gasteiger partial charge >= 0.3 is 17.8 Å². The van der Waals surface area contributed by atoms with Crippen LogP contribution in [0.3, 0.4) is 0 Å². The summed E-state index contributed by atoms with van der Waals surface area (Å²) in [6, 6.07) is 3.92. The number of rotatable bonds is 3. The summed E-state index contributed by atoms with van der Waals surface area (Å²) in [4.78, 5) is 35.1. The van der Waals surface area contributed by atoms with Gasteiger partial charge in [0, 0.05) is 18.1 Å². The van der Waals surface area contributed by atoms with Crippen molar-refractivity contribution < 1.29 is 23.1 Å². The van der Waals surface area contributed by atoms with Gasteiger partial charge in [0.25, 0.3) is 5.56 Å². The van der Waals surface area contributed by atoms with Crippen molar-refractivity contribution in [1.82, 2.24) is 9.13 Å². The third-order valence-corrected chi connectivity index (χ3v) is 3.95. The van der Waals surface area contributed by atoms with Gasteiger partial charge in [0.05, 0.1) is 5.69 Å². The van der Waals surface area contributed by atoms with Crippen LogP contribution >= 0.6 is 23.2 Å². The Morgan fingerprint density at radius 2 is 1.85 bits per heavy atom. The van der Waals surface area contributed by atoms with Gasteiger partial charge < -0.3 is 5.11 Å². The second-order valence-electron chi connectivity index (χ2n) is 5.05. The van der Waals surface area contributed by atoms with E-state index < -0.39 is 34.1 Å². The number of carboxylic acids is 1. The van der Waals surface area contributed by atoms with E-state index in [1.165, 1.54) is 12.1 Å². The van der Waals surface area contributed by atoms with Crippen LogP contribution in [-0.4, -0.2) is 20.2 Å². The molecule has 1 N–H and O–H groups in total. The number of halogens is 5. The highest BCUT2D eigenvalue weighted by atomic mass is 35.5. The maximum atomic E-state index is 12.9. The molecule has 0 fully saturated rings. The number of alkyl halides is 3. The molecule has 2 rings (SSSR count). The molecule has 0 aliphatic carbocycles. The van der Waals surface area contributed by atoms with Gasteiger partial charge in [0.1, 0.15) is 10.7 Å². The standard InChI is InChI=1S/C15H9Cl2F3N2O4/c1-21-11(15(18,19)20)6-12(23)22(14(21)26)8-2-3-9(16)7(4-8)5-10(17)13(24)25/h2-6H,1H3,(H,24,25)/b10-5-. The van der Waals surface area contributed by atoms with Gasteiger partial charge in [0.2, 0.25) is 0 Å². The molecular weight excluding hydrogens is 400 g/mol. The van der Waals surface area contributed by atoms with Gasteiger partial charge in [0.15, 0.2) is 0 Å². The number of aliphatic carboxylic acids is 1. The van der Waals surface area contributed by atoms with Crippen LogP contribution in [0.4, 0.5) is 13.2 Å². The molecule has 0 radical (unpaired) electrons. The van der Waals surface area contributed by atoms with Crippen LogP contribution in [0.2, 0.25) is 5.02 Å². The fourth-order valence-electron chi connectivity index (χ4n) is 2.11. The molecule has 0 unspecified atom stereocenters. The molecule has 6 nitrogen and oxygen atoms in total. The fraction of sp³-hybridized carbons (Fsp3) is 0.133. The number of carbonyl (C=O) groups is 1. The molecule has 0 bridgehead atoms. The second-order valence-corrected chi connectivity index (χ2v) is 5.86. The van der Waals surface area contributed by atoms with E-state index >= 15 is 0 Å². The molecule has 2 aromatic rings. The molecule has 0 saturated carbocycles. The fourth-order valence-corrected chi connectivity index (χ4v) is 2.40. The molecule has 26 heavy (non-hydrogen) atoms. The first kappa shape index (κ1) is 19.8. The summed E-state index contributed by atoms with van der Waals surface area (Å²) in [5.74, 6) is -1.43. The Kier molecular flexibility index (Phi) is 5.33. The van der Waals surface area contributed by atoms with Crippen molar-refractivity contribution in [2.45, 2.75) is 6.18 Å². The molecule has 0 spiro atoms. The number of aromatic nitrogens is 2. The predicted octanol–water partition coefficient (Wildman–Crippen LogP) is 2.87. The van der Waals surface area contributed by atoms with Crippen molar-refractivity contribution in [2.75, 3.05) is 0 Å². The molecule has 0 atom stereocenters. The average molecular weight is 409 g/mol. The van der Waals surface area contributed by atoms with Crippen LogP contribution < -0.4 is 11.2 Å². The monoisotopic (exact) mass is 408 g/mol. The molecule has 1 heterocycles. The molecule has 0 saturated heterocycles. The highest BCUT2D eigenvalue weighted by molar-refractivity contribution is 6.43. The molecule has 1 aromatic heterocycles. The normalized spacial score (nSPS) is 12.3. The first-order chi connectivity index (χ1) is 11.9. The van der Waals surface area contributed by atoms with Gasteiger partial charge in [-0.2, -0.15) is 13.2 Å². The third-order valence-electron chi connectivity index (χ3n) is 3.33. The lowest BCUT2D eigenvalue weighted by Crippen LogP contribution is -2.40. The Balaban J connectivity index is 2.73. The Labute approximate surface area is 153 Å². The van der Waals surface area contributed by atoms with Gasteiger partial charge in [-0.1, -0.05) is 23.2 Å². The summed E-state index contributed by atoms with van der Waals surface area (Å²) < 4.78 is 39.4. The second kappa shape index (κ2) is 7.00. The summed E-state index contributed by atoms with van der Waals surface area (Å²) in [6.45, 7) is 0.